The van der Waals surface area contributed by atoms with Crippen LogP contribution in [0.2, 0.25) is 0 Å². The van der Waals surface area contributed by atoms with E-state index in [-0.39, 0.29) is 0 Å². The summed E-state index contributed by atoms with van der Waals surface area (Å²) in [4.78, 5) is 0. The topological polar surface area (TPSA) is 39.7 Å². The molecule has 0 aliphatic carbocycles. The fourth-order valence-corrected chi connectivity index (χ4v) is 1.53. The summed E-state index contributed by atoms with van der Waals surface area (Å²) in [6, 6.07) is 8.13. The smallest absolute Gasteiger partial charge is 0.119 e. The first-order valence-electron chi connectivity index (χ1n) is 6.36. The molecule has 1 N–H and O–H groups in total. The van der Waals surface area contributed by atoms with Gasteiger partial charge in [-0.2, -0.15) is 0 Å². The van der Waals surface area contributed by atoms with Crippen molar-refractivity contribution < 1.29 is 14.2 Å². The SMILES string of the molecule is CCOc1cccc(CNCCOCCOC)c1. The zero-order chi connectivity index (χ0) is 13.1. The van der Waals surface area contributed by atoms with Crippen LogP contribution < -0.4 is 10.1 Å². The van der Waals surface area contributed by atoms with E-state index >= 15 is 0 Å². The maximum absolute atomic E-state index is 5.45. The summed E-state index contributed by atoms with van der Waals surface area (Å²) in [5.41, 5.74) is 1.22. The highest BCUT2D eigenvalue weighted by molar-refractivity contribution is 5.28. The Labute approximate surface area is 109 Å². The van der Waals surface area contributed by atoms with Gasteiger partial charge in [-0.25, -0.2) is 0 Å². The number of methoxy groups -OCH3 is 1. The molecule has 0 atom stereocenters. The van der Waals surface area contributed by atoms with Crippen LogP contribution in [0.3, 0.4) is 0 Å². The molecule has 0 spiro atoms. The van der Waals surface area contributed by atoms with Gasteiger partial charge < -0.3 is 19.5 Å². The van der Waals surface area contributed by atoms with Crippen molar-refractivity contribution >= 4 is 0 Å². The molecule has 0 radical (unpaired) electrons. The Morgan fingerprint density at radius 2 is 2.06 bits per heavy atom. The van der Waals surface area contributed by atoms with Gasteiger partial charge in [0, 0.05) is 20.2 Å². The predicted octanol–water partition coefficient (Wildman–Crippen LogP) is 1.84. The van der Waals surface area contributed by atoms with E-state index < -0.39 is 0 Å². The standard InChI is InChI=1S/C14H23NO3/c1-3-18-14-6-4-5-13(11-14)12-15-7-8-17-10-9-16-2/h4-6,11,15H,3,7-10,12H2,1-2H3. The van der Waals surface area contributed by atoms with Gasteiger partial charge in [0.2, 0.25) is 0 Å². The average molecular weight is 253 g/mol. The van der Waals surface area contributed by atoms with Crippen molar-refractivity contribution in [3.8, 4) is 5.75 Å². The van der Waals surface area contributed by atoms with Crippen LogP contribution in [0.25, 0.3) is 0 Å². The van der Waals surface area contributed by atoms with Crippen molar-refractivity contribution in [2.24, 2.45) is 0 Å². The first-order valence-corrected chi connectivity index (χ1v) is 6.36. The summed E-state index contributed by atoms with van der Waals surface area (Å²) >= 11 is 0. The highest BCUT2D eigenvalue weighted by Gasteiger charge is 1.96. The minimum absolute atomic E-state index is 0.649. The summed E-state index contributed by atoms with van der Waals surface area (Å²) in [7, 11) is 1.67. The maximum atomic E-state index is 5.45. The van der Waals surface area contributed by atoms with Gasteiger partial charge in [0.05, 0.1) is 26.4 Å². The number of nitrogens with one attached hydrogen (secondary N) is 1. The van der Waals surface area contributed by atoms with Crippen LogP contribution >= 0.6 is 0 Å². The number of benzene rings is 1. The Balaban J connectivity index is 2.13. The van der Waals surface area contributed by atoms with E-state index in [0.29, 0.717) is 26.4 Å². The third kappa shape index (κ3) is 6.59. The lowest BCUT2D eigenvalue weighted by molar-refractivity contribution is 0.0719. The average Bonchev–Trinajstić information content (AvgIpc) is 2.39. The first-order chi connectivity index (χ1) is 8.86. The molecule has 0 heterocycles. The molecule has 0 amide bonds. The third-order valence-corrected chi connectivity index (χ3v) is 2.39. The Morgan fingerprint density at radius 1 is 1.17 bits per heavy atom. The molecule has 0 saturated carbocycles. The van der Waals surface area contributed by atoms with Crippen molar-refractivity contribution in [2.75, 3.05) is 40.1 Å². The Bertz CT molecular complexity index is 318. The minimum Gasteiger partial charge on any atom is -0.494 e. The van der Waals surface area contributed by atoms with E-state index in [9.17, 15) is 0 Å². The monoisotopic (exact) mass is 253 g/mol. The Morgan fingerprint density at radius 3 is 2.83 bits per heavy atom. The van der Waals surface area contributed by atoms with Crippen LogP contribution in [0.5, 0.6) is 5.75 Å². The summed E-state index contributed by atoms with van der Waals surface area (Å²) < 4.78 is 15.7. The Hall–Kier alpha value is -1.10. The molecule has 4 heteroatoms. The lowest BCUT2D eigenvalue weighted by Gasteiger charge is -2.08. The van der Waals surface area contributed by atoms with E-state index in [0.717, 1.165) is 18.8 Å². The third-order valence-electron chi connectivity index (χ3n) is 2.39. The Kier molecular flexibility index (Phi) is 8.21. The molecular formula is C14H23NO3. The van der Waals surface area contributed by atoms with Crippen LogP contribution in [0.1, 0.15) is 12.5 Å². The van der Waals surface area contributed by atoms with Gasteiger partial charge in [-0.1, -0.05) is 12.1 Å². The molecule has 4 nitrogen and oxygen atoms in total. The fraction of sp³-hybridized carbons (Fsp3) is 0.571. The van der Waals surface area contributed by atoms with Crippen molar-refractivity contribution in [3.05, 3.63) is 29.8 Å². The van der Waals surface area contributed by atoms with Gasteiger partial charge in [-0.05, 0) is 24.6 Å². The van der Waals surface area contributed by atoms with Gasteiger partial charge in [-0.3, -0.25) is 0 Å². The summed E-state index contributed by atoms with van der Waals surface area (Å²) in [5.74, 6) is 0.924. The van der Waals surface area contributed by atoms with Crippen molar-refractivity contribution in [3.63, 3.8) is 0 Å². The molecule has 0 aliphatic heterocycles. The lowest BCUT2D eigenvalue weighted by Crippen LogP contribution is -2.20. The van der Waals surface area contributed by atoms with E-state index in [4.69, 9.17) is 14.2 Å². The van der Waals surface area contributed by atoms with Crippen LogP contribution in [-0.4, -0.2) is 40.1 Å². The molecular weight excluding hydrogens is 230 g/mol. The quantitative estimate of drug-likeness (QED) is 0.646. The van der Waals surface area contributed by atoms with Crippen molar-refractivity contribution in [1.29, 1.82) is 0 Å². The molecule has 1 aromatic rings. The molecule has 0 aliphatic rings. The number of hydrogen-bond acceptors (Lipinski definition) is 4. The summed E-state index contributed by atoms with van der Waals surface area (Å²) in [6.07, 6.45) is 0. The molecule has 1 aromatic carbocycles. The predicted molar refractivity (Wildman–Crippen MR) is 72.0 cm³/mol. The van der Waals surface area contributed by atoms with Crippen LogP contribution in [0.4, 0.5) is 0 Å². The molecule has 0 bridgehead atoms. The second-order valence-electron chi connectivity index (χ2n) is 3.86. The van der Waals surface area contributed by atoms with E-state index in [2.05, 4.69) is 17.4 Å². The lowest BCUT2D eigenvalue weighted by atomic mass is 10.2. The normalized spacial score (nSPS) is 10.6. The van der Waals surface area contributed by atoms with Crippen LogP contribution in [-0.2, 0) is 16.0 Å². The second kappa shape index (κ2) is 9.88. The second-order valence-corrected chi connectivity index (χ2v) is 3.86. The largest absolute Gasteiger partial charge is 0.494 e. The number of ether oxygens (including phenoxy) is 3. The first kappa shape index (κ1) is 15.0. The molecule has 102 valence electrons. The maximum Gasteiger partial charge on any atom is 0.119 e. The summed E-state index contributed by atoms with van der Waals surface area (Å²) in [6.45, 7) is 6.35. The number of hydrogen-bond donors (Lipinski definition) is 1. The minimum atomic E-state index is 0.649. The van der Waals surface area contributed by atoms with Gasteiger partial charge >= 0.3 is 0 Å². The van der Waals surface area contributed by atoms with Gasteiger partial charge in [0.25, 0.3) is 0 Å². The van der Waals surface area contributed by atoms with E-state index in [1.807, 2.05) is 19.1 Å². The molecule has 18 heavy (non-hydrogen) atoms. The van der Waals surface area contributed by atoms with Crippen LogP contribution in [0, 0.1) is 0 Å². The highest BCUT2D eigenvalue weighted by atomic mass is 16.5. The van der Waals surface area contributed by atoms with E-state index in [1.54, 1.807) is 7.11 Å². The summed E-state index contributed by atoms with van der Waals surface area (Å²) in [5, 5.41) is 3.33. The van der Waals surface area contributed by atoms with Gasteiger partial charge in [0.15, 0.2) is 0 Å². The highest BCUT2D eigenvalue weighted by Crippen LogP contribution is 2.12. The molecule has 0 fully saturated rings. The zero-order valence-corrected chi connectivity index (χ0v) is 11.3. The van der Waals surface area contributed by atoms with Crippen LogP contribution in [0.15, 0.2) is 24.3 Å². The van der Waals surface area contributed by atoms with Crippen molar-refractivity contribution in [1.82, 2.24) is 5.32 Å². The van der Waals surface area contributed by atoms with Gasteiger partial charge in [-0.15, -0.1) is 0 Å². The molecule has 0 saturated heterocycles. The van der Waals surface area contributed by atoms with Crippen molar-refractivity contribution in [2.45, 2.75) is 13.5 Å². The number of rotatable bonds is 10. The molecule has 1 rings (SSSR count). The van der Waals surface area contributed by atoms with Gasteiger partial charge in [0.1, 0.15) is 5.75 Å². The zero-order valence-electron chi connectivity index (χ0n) is 11.3. The fourth-order valence-electron chi connectivity index (χ4n) is 1.53. The molecule has 0 aromatic heterocycles. The van der Waals surface area contributed by atoms with E-state index in [1.165, 1.54) is 5.56 Å². The molecule has 0 unspecified atom stereocenters.